The summed E-state index contributed by atoms with van der Waals surface area (Å²) in [5, 5.41) is 6.75. The molecule has 8 nitrogen and oxygen atoms in total. The standard InChI is InChI=1S/C25H27N5O3/c1-17-26-23(33-28-17)22-13-29(12-19-7-4-3-5-8-19)14-25(22)15-30(16-25)24(32)20-9-6-10-21(11-20)27-18(2)31/h3-11,22H,12-16H2,1-2H3,(H,27,31). The van der Waals surface area contributed by atoms with E-state index in [0.29, 0.717) is 36.1 Å². The van der Waals surface area contributed by atoms with Gasteiger partial charge in [0, 0.05) is 56.3 Å². The van der Waals surface area contributed by atoms with Crippen LogP contribution in [0.15, 0.2) is 59.1 Å². The number of nitrogens with zero attached hydrogens (tertiary/aromatic N) is 4. The number of aromatic nitrogens is 2. The number of benzene rings is 2. The van der Waals surface area contributed by atoms with Gasteiger partial charge in [-0.05, 0) is 30.7 Å². The summed E-state index contributed by atoms with van der Waals surface area (Å²) >= 11 is 0. The molecule has 0 bridgehead atoms. The zero-order chi connectivity index (χ0) is 23.0. The van der Waals surface area contributed by atoms with Gasteiger partial charge < -0.3 is 14.7 Å². The summed E-state index contributed by atoms with van der Waals surface area (Å²) in [5.74, 6) is 1.17. The highest BCUT2D eigenvalue weighted by Gasteiger charge is 2.57. The topological polar surface area (TPSA) is 91.6 Å². The Kier molecular flexibility index (Phi) is 5.46. The fourth-order valence-electron chi connectivity index (χ4n) is 5.12. The summed E-state index contributed by atoms with van der Waals surface area (Å²) < 4.78 is 5.58. The van der Waals surface area contributed by atoms with Gasteiger partial charge in [-0.1, -0.05) is 41.6 Å². The Hall–Kier alpha value is -3.52. The van der Waals surface area contributed by atoms with E-state index in [1.807, 2.05) is 17.9 Å². The van der Waals surface area contributed by atoms with Gasteiger partial charge in [0.1, 0.15) is 0 Å². The van der Waals surface area contributed by atoms with Gasteiger partial charge in [0.2, 0.25) is 11.8 Å². The van der Waals surface area contributed by atoms with Crippen molar-refractivity contribution in [3.05, 3.63) is 77.4 Å². The normalized spacial score (nSPS) is 19.5. The molecule has 0 saturated carbocycles. The SMILES string of the molecule is CC(=O)Nc1cccc(C(=O)N2CC3(CN(Cc4ccccc4)CC3c3nc(C)no3)C2)c1. The minimum Gasteiger partial charge on any atom is -0.339 e. The van der Waals surface area contributed by atoms with Crippen LogP contribution in [0.3, 0.4) is 0 Å². The minimum atomic E-state index is -0.162. The Morgan fingerprint density at radius 3 is 2.61 bits per heavy atom. The Morgan fingerprint density at radius 1 is 1.12 bits per heavy atom. The van der Waals surface area contributed by atoms with Crippen LogP contribution in [0.4, 0.5) is 5.69 Å². The average molecular weight is 446 g/mol. The van der Waals surface area contributed by atoms with Crippen LogP contribution in [0.25, 0.3) is 0 Å². The molecular weight excluding hydrogens is 418 g/mol. The Morgan fingerprint density at radius 2 is 1.91 bits per heavy atom. The lowest BCUT2D eigenvalue weighted by Crippen LogP contribution is -2.61. The van der Waals surface area contributed by atoms with Crippen molar-refractivity contribution in [1.82, 2.24) is 19.9 Å². The second-order valence-electron chi connectivity index (χ2n) is 9.17. The third kappa shape index (κ3) is 4.26. The van der Waals surface area contributed by atoms with Crippen LogP contribution in [-0.4, -0.2) is 57.9 Å². The van der Waals surface area contributed by atoms with Crippen LogP contribution in [0.1, 0.15) is 40.5 Å². The van der Waals surface area contributed by atoms with Crippen LogP contribution in [0.2, 0.25) is 0 Å². The van der Waals surface area contributed by atoms with Crippen molar-refractivity contribution in [3.63, 3.8) is 0 Å². The van der Waals surface area contributed by atoms with E-state index in [1.54, 1.807) is 24.3 Å². The summed E-state index contributed by atoms with van der Waals surface area (Å²) in [5.41, 5.74) is 2.34. The van der Waals surface area contributed by atoms with Crippen molar-refractivity contribution in [2.45, 2.75) is 26.3 Å². The first-order valence-electron chi connectivity index (χ1n) is 11.2. The first-order valence-corrected chi connectivity index (χ1v) is 11.2. The van der Waals surface area contributed by atoms with Gasteiger partial charge in [0.05, 0.1) is 5.92 Å². The quantitative estimate of drug-likeness (QED) is 0.649. The van der Waals surface area contributed by atoms with E-state index in [2.05, 4.69) is 44.6 Å². The molecule has 1 spiro atoms. The predicted octanol–water partition coefficient (Wildman–Crippen LogP) is 3.08. The van der Waals surface area contributed by atoms with Crippen molar-refractivity contribution in [2.24, 2.45) is 5.41 Å². The molecule has 2 aliphatic rings. The third-order valence-corrected chi connectivity index (χ3v) is 6.54. The van der Waals surface area contributed by atoms with Crippen LogP contribution in [-0.2, 0) is 11.3 Å². The maximum absolute atomic E-state index is 13.2. The van der Waals surface area contributed by atoms with Gasteiger partial charge in [0.25, 0.3) is 5.91 Å². The van der Waals surface area contributed by atoms with E-state index in [-0.39, 0.29) is 23.1 Å². The zero-order valence-corrected chi connectivity index (χ0v) is 18.8. The van der Waals surface area contributed by atoms with Crippen molar-refractivity contribution in [2.75, 3.05) is 31.5 Å². The lowest BCUT2D eigenvalue weighted by Gasteiger charge is -2.50. The molecule has 8 heteroatoms. The number of aryl methyl sites for hydroxylation is 1. The van der Waals surface area contributed by atoms with Gasteiger partial charge in [-0.3, -0.25) is 14.5 Å². The predicted molar refractivity (Wildman–Crippen MR) is 123 cm³/mol. The molecule has 2 fully saturated rings. The molecule has 3 aromatic rings. The summed E-state index contributed by atoms with van der Waals surface area (Å²) in [7, 11) is 0. The lowest BCUT2D eigenvalue weighted by molar-refractivity contribution is -0.114. The molecule has 170 valence electrons. The fourth-order valence-corrected chi connectivity index (χ4v) is 5.12. The maximum atomic E-state index is 13.2. The first-order chi connectivity index (χ1) is 15.9. The van der Waals surface area contributed by atoms with Crippen molar-refractivity contribution in [3.8, 4) is 0 Å². The Balaban J connectivity index is 1.33. The summed E-state index contributed by atoms with van der Waals surface area (Å²) in [6, 6.07) is 17.5. The summed E-state index contributed by atoms with van der Waals surface area (Å²) in [6.07, 6.45) is 0. The van der Waals surface area contributed by atoms with Crippen LogP contribution >= 0.6 is 0 Å². The van der Waals surface area contributed by atoms with Gasteiger partial charge in [0.15, 0.2) is 5.82 Å². The van der Waals surface area contributed by atoms with Crippen molar-refractivity contribution in [1.29, 1.82) is 0 Å². The third-order valence-electron chi connectivity index (χ3n) is 6.54. The number of rotatable bonds is 5. The number of nitrogens with one attached hydrogen (secondary N) is 1. The molecule has 2 aromatic carbocycles. The number of carbonyl (C=O) groups is 2. The highest BCUT2D eigenvalue weighted by Crippen LogP contribution is 2.49. The molecule has 0 aliphatic carbocycles. The summed E-state index contributed by atoms with van der Waals surface area (Å²) in [4.78, 5) is 33.4. The van der Waals surface area contributed by atoms with E-state index < -0.39 is 0 Å². The molecule has 2 saturated heterocycles. The van der Waals surface area contributed by atoms with E-state index in [9.17, 15) is 9.59 Å². The minimum absolute atomic E-state index is 0.0326. The van der Waals surface area contributed by atoms with Crippen molar-refractivity contribution >= 4 is 17.5 Å². The van der Waals surface area contributed by atoms with Crippen LogP contribution in [0, 0.1) is 12.3 Å². The number of amides is 2. The number of hydrogen-bond acceptors (Lipinski definition) is 6. The lowest BCUT2D eigenvalue weighted by atomic mass is 9.71. The zero-order valence-electron chi connectivity index (χ0n) is 18.8. The number of carbonyl (C=O) groups excluding carboxylic acids is 2. The smallest absolute Gasteiger partial charge is 0.253 e. The molecule has 0 radical (unpaired) electrons. The average Bonchev–Trinajstić information content (AvgIpc) is 3.36. The highest BCUT2D eigenvalue weighted by molar-refractivity contribution is 5.97. The molecule has 1 atom stereocenters. The Labute approximate surface area is 192 Å². The molecule has 2 amide bonds. The first kappa shape index (κ1) is 21.3. The molecule has 3 heterocycles. The van der Waals surface area contributed by atoms with Crippen molar-refractivity contribution < 1.29 is 14.1 Å². The maximum Gasteiger partial charge on any atom is 0.253 e. The van der Waals surface area contributed by atoms with Gasteiger partial charge in [-0.25, -0.2) is 0 Å². The molecule has 2 aliphatic heterocycles. The fraction of sp³-hybridized carbons (Fsp3) is 0.360. The monoisotopic (exact) mass is 445 g/mol. The largest absolute Gasteiger partial charge is 0.339 e. The molecule has 33 heavy (non-hydrogen) atoms. The van der Waals surface area contributed by atoms with Gasteiger partial charge in [-0.2, -0.15) is 4.98 Å². The second kappa shape index (κ2) is 8.44. The Bertz CT molecular complexity index is 1170. The molecule has 1 N–H and O–H groups in total. The molecule has 1 unspecified atom stereocenters. The molecule has 5 rings (SSSR count). The molecular formula is C25H27N5O3. The summed E-state index contributed by atoms with van der Waals surface area (Å²) in [6.45, 7) is 7.07. The van der Waals surface area contributed by atoms with E-state index in [1.165, 1.54) is 12.5 Å². The second-order valence-corrected chi connectivity index (χ2v) is 9.17. The van der Waals surface area contributed by atoms with Crippen LogP contribution in [0.5, 0.6) is 0 Å². The number of hydrogen-bond donors (Lipinski definition) is 1. The van der Waals surface area contributed by atoms with Gasteiger partial charge in [-0.15, -0.1) is 0 Å². The van der Waals surface area contributed by atoms with E-state index in [4.69, 9.17) is 4.52 Å². The highest BCUT2D eigenvalue weighted by atomic mass is 16.5. The van der Waals surface area contributed by atoms with E-state index in [0.717, 1.165) is 19.6 Å². The van der Waals surface area contributed by atoms with E-state index >= 15 is 0 Å². The van der Waals surface area contributed by atoms with Crippen LogP contribution < -0.4 is 5.32 Å². The number of anilines is 1. The van der Waals surface area contributed by atoms with Gasteiger partial charge >= 0.3 is 0 Å². The molecule has 1 aromatic heterocycles. The number of likely N-dealkylation sites (tertiary alicyclic amines) is 2.